The number of rotatable bonds is 8. The Labute approximate surface area is 167 Å². The maximum Gasteiger partial charge on any atom is 0.270 e. The summed E-state index contributed by atoms with van der Waals surface area (Å²) in [6.07, 6.45) is 0. The van der Waals surface area contributed by atoms with Gasteiger partial charge in [0.15, 0.2) is 0 Å². The molecule has 2 rings (SSSR count). The largest absolute Gasteiger partial charge is 0.492 e. The molecule has 0 saturated heterocycles. The Morgan fingerprint density at radius 3 is 2.57 bits per heavy atom. The molecule has 0 heterocycles. The Morgan fingerprint density at radius 1 is 1.25 bits per heavy atom. The van der Waals surface area contributed by atoms with Crippen LogP contribution >= 0.6 is 11.6 Å². The van der Waals surface area contributed by atoms with Gasteiger partial charge in [-0.05, 0) is 37.3 Å². The van der Waals surface area contributed by atoms with Crippen LogP contribution in [-0.2, 0) is 4.79 Å². The molecule has 0 bridgehead atoms. The summed E-state index contributed by atoms with van der Waals surface area (Å²) < 4.78 is 5.54. The molecule has 2 aromatic rings. The minimum absolute atomic E-state index is 0.113. The van der Waals surface area contributed by atoms with Crippen molar-refractivity contribution in [2.24, 2.45) is 0 Å². The molecule has 1 N–H and O–H groups in total. The third-order valence-corrected chi connectivity index (χ3v) is 4.17. The standard InChI is InChI=1S/C19H20ClN3O5/c1-13(21-18(24)14-4-3-5-16(12-14)23(26)27)19(25)22(2)10-11-28-17-8-6-15(20)7-9-17/h3-9,12-13H,10-11H2,1-2H3,(H,21,24). The summed E-state index contributed by atoms with van der Waals surface area (Å²) in [4.78, 5) is 36.3. The zero-order chi connectivity index (χ0) is 20.7. The number of benzene rings is 2. The lowest BCUT2D eigenvalue weighted by Gasteiger charge is -2.22. The minimum atomic E-state index is -0.799. The average Bonchev–Trinajstić information content (AvgIpc) is 2.68. The van der Waals surface area contributed by atoms with Crippen LogP contribution < -0.4 is 10.1 Å². The first-order valence-electron chi connectivity index (χ1n) is 8.46. The van der Waals surface area contributed by atoms with Gasteiger partial charge in [-0.1, -0.05) is 17.7 Å². The van der Waals surface area contributed by atoms with Crippen LogP contribution in [0.4, 0.5) is 5.69 Å². The maximum absolute atomic E-state index is 12.4. The molecular formula is C19H20ClN3O5. The highest BCUT2D eigenvalue weighted by Gasteiger charge is 2.21. The molecule has 0 saturated carbocycles. The number of carbonyl (C=O) groups excluding carboxylic acids is 2. The van der Waals surface area contributed by atoms with Gasteiger partial charge in [0.2, 0.25) is 5.91 Å². The van der Waals surface area contributed by atoms with Crippen molar-refractivity contribution in [3.63, 3.8) is 0 Å². The predicted octanol–water partition coefficient (Wildman–Crippen LogP) is 2.90. The Hall–Kier alpha value is -3.13. The molecule has 8 nitrogen and oxygen atoms in total. The Kier molecular flexibility index (Phi) is 7.34. The summed E-state index contributed by atoms with van der Waals surface area (Å²) in [6.45, 7) is 2.14. The molecule has 0 aliphatic heterocycles. The summed E-state index contributed by atoms with van der Waals surface area (Å²) in [5.74, 6) is -0.230. The topological polar surface area (TPSA) is 102 Å². The normalized spacial score (nSPS) is 11.4. The van der Waals surface area contributed by atoms with Crippen molar-refractivity contribution < 1.29 is 19.2 Å². The summed E-state index contributed by atoms with van der Waals surface area (Å²) in [5, 5.41) is 14.0. The molecule has 0 fully saturated rings. The monoisotopic (exact) mass is 405 g/mol. The van der Waals surface area contributed by atoms with E-state index < -0.39 is 16.9 Å². The van der Waals surface area contributed by atoms with Crippen LogP contribution in [0.1, 0.15) is 17.3 Å². The van der Waals surface area contributed by atoms with E-state index in [1.54, 1.807) is 38.2 Å². The second-order valence-corrected chi connectivity index (χ2v) is 6.50. The van der Waals surface area contributed by atoms with Crippen LogP contribution in [0.2, 0.25) is 5.02 Å². The molecule has 1 unspecified atom stereocenters. The van der Waals surface area contributed by atoms with Gasteiger partial charge in [-0.3, -0.25) is 19.7 Å². The third-order valence-electron chi connectivity index (χ3n) is 3.92. The summed E-state index contributed by atoms with van der Waals surface area (Å²) in [6, 6.07) is 11.4. The van der Waals surface area contributed by atoms with Crippen molar-refractivity contribution in [1.29, 1.82) is 0 Å². The molecule has 0 aliphatic carbocycles. The number of nitrogens with zero attached hydrogens (tertiary/aromatic N) is 2. The fourth-order valence-electron chi connectivity index (χ4n) is 2.37. The molecule has 0 spiro atoms. The number of likely N-dealkylation sites (N-methyl/N-ethyl adjacent to an activating group) is 1. The van der Waals surface area contributed by atoms with Gasteiger partial charge in [0.05, 0.1) is 11.5 Å². The summed E-state index contributed by atoms with van der Waals surface area (Å²) in [7, 11) is 1.60. The van der Waals surface area contributed by atoms with Gasteiger partial charge in [-0.15, -0.1) is 0 Å². The highest BCUT2D eigenvalue weighted by Crippen LogP contribution is 2.15. The van der Waals surface area contributed by atoms with E-state index in [9.17, 15) is 19.7 Å². The fraction of sp³-hybridized carbons (Fsp3) is 0.263. The van der Waals surface area contributed by atoms with Crippen molar-refractivity contribution in [2.75, 3.05) is 20.2 Å². The first-order valence-corrected chi connectivity index (χ1v) is 8.84. The SMILES string of the molecule is CC(NC(=O)c1cccc([N+](=O)[O-])c1)C(=O)N(C)CCOc1ccc(Cl)cc1. The number of nitro groups is 1. The maximum atomic E-state index is 12.4. The summed E-state index contributed by atoms with van der Waals surface area (Å²) in [5.41, 5.74) is -0.0781. The number of ether oxygens (including phenoxy) is 1. The molecule has 0 aromatic heterocycles. The van der Waals surface area contributed by atoms with Crippen LogP contribution in [0.3, 0.4) is 0 Å². The van der Waals surface area contributed by atoms with Gasteiger partial charge < -0.3 is 15.0 Å². The van der Waals surface area contributed by atoms with Gasteiger partial charge in [0.1, 0.15) is 18.4 Å². The first kappa shape index (κ1) is 21.2. The Balaban J connectivity index is 1.85. The number of nitrogens with one attached hydrogen (secondary N) is 1. The number of carbonyl (C=O) groups is 2. The molecule has 2 amide bonds. The third kappa shape index (κ3) is 5.95. The van der Waals surface area contributed by atoms with Crippen molar-refractivity contribution in [1.82, 2.24) is 10.2 Å². The van der Waals surface area contributed by atoms with Crippen LogP contribution in [0.25, 0.3) is 0 Å². The summed E-state index contributed by atoms with van der Waals surface area (Å²) >= 11 is 5.81. The fourth-order valence-corrected chi connectivity index (χ4v) is 2.50. The molecule has 148 valence electrons. The molecular weight excluding hydrogens is 386 g/mol. The van der Waals surface area contributed by atoms with Crippen LogP contribution in [0.5, 0.6) is 5.75 Å². The Morgan fingerprint density at radius 2 is 1.93 bits per heavy atom. The van der Waals surface area contributed by atoms with Crippen LogP contribution in [0, 0.1) is 10.1 Å². The van der Waals surface area contributed by atoms with Gasteiger partial charge in [-0.2, -0.15) is 0 Å². The van der Waals surface area contributed by atoms with Crippen molar-refractivity contribution >= 4 is 29.1 Å². The number of non-ortho nitro benzene ring substituents is 1. The molecule has 1 atom stereocenters. The number of nitro benzene ring substituents is 1. The lowest BCUT2D eigenvalue weighted by Crippen LogP contribution is -2.46. The quantitative estimate of drug-likeness (QED) is 0.537. The molecule has 9 heteroatoms. The molecule has 0 radical (unpaired) electrons. The van der Waals surface area contributed by atoms with E-state index in [2.05, 4.69) is 5.32 Å². The van der Waals surface area contributed by atoms with Gasteiger partial charge in [-0.25, -0.2) is 0 Å². The highest BCUT2D eigenvalue weighted by molar-refractivity contribution is 6.30. The Bertz CT molecular complexity index is 857. The number of hydrogen-bond donors (Lipinski definition) is 1. The zero-order valence-electron chi connectivity index (χ0n) is 15.4. The smallest absolute Gasteiger partial charge is 0.270 e. The average molecular weight is 406 g/mol. The van der Waals surface area contributed by atoms with Gasteiger partial charge >= 0.3 is 0 Å². The second-order valence-electron chi connectivity index (χ2n) is 6.06. The van der Waals surface area contributed by atoms with E-state index in [1.807, 2.05) is 0 Å². The van der Waals surface area contributed by atoms with Crippen molar-refractivity contribution in [2.45, 2.75) is 13.0 Å². The first-order chi connectivity index (χ1) is 13.3. The molecule has 2 aromatic carbocycles. The lowest BCUT2D eigenvalue weighted by atomic mass is 10.1. The van der Waals surface area contributed by atoms with E-state index in [1.165, 1.54) is 23.1 Å². The van der Waals surface area contributed by atoms with Crippen LogP contribution in [0.15, 0.2) is 48.5 Å². The highest BCUT2D eigenvalue weighted by atomic mass is 35.5. The minimum Gasteiger partial charge on any atom is -0.492 e. The number of amides is 2. The van der Waals surface area contributed by atoms with Crippen molar-refractivity contribution in [3.05, 3.63) is 69.2 Å². The molecule has 28 heavy (non-hydrogen) atoms. The zero-order valence-corrected chi connectivity index (χ0v) is 16.2. The number of halogens is 1. The van der Waals surface area contributed by atoms with Crippen LogP contribution in [-0.4, -0.2) is 47.9 Å². The van der Waals surface area contributed by atoms with E-state index >= 15 is 0 Å². The predicted molar refractivity (Wildman–Crippen MR) is 105 cm³/mol. The lowest BCUT2D eigenvalue weighted by molar-refractivity contribution is -0.384. The van der Waals surface area contributed by atoms with E-state index in [4.69, 9.17) is 16.3 Å². The van der Waals surface area contributed by atoms with Gasteiger partial charge in [0.25, 0.3) is 11.6 Å². The van der Waals surface area contributed by atoms with E-state index in [0.717, 1.165) is 6.07 Å². The second kappa shape index (κ2) is 9.70. The molecule has 0 aliphatic rings. The van der Waals surface area contributed by atoms with Gasteiger partial charge in [0, 0.05) is 29.8 Å². The van der Waals surface area contributed by atoms with E-state index in [0.29, 0.717) is 17.3 Å². The van der Waals surface area contributed by atoms with Crippen molar-refractivity contribution in [3.8, 4) is 5.75 Å². The number of hydrogen-bond acceptors (Lipinski definition) is 5. The van der Waals surface area contributed by atoms with E-state index in [-0.39, 0.29) is 23.8 Å².